The molecule has 23 heavy (non-hydrogen) atoms. The Morgan fingerprint density at radius 1 is 0.870 bits per heavy atom. The molecule has 0 N–H and O–H groups in total. The van der Waals surface area contributed by atoms with Crippen molar-refractivity contribution in [3.63, 3.8) is 0 Å². The molecule has 3 rings (SSSR count). The summed E-state index contributed by atoms with van der Waals surface area (Å²) < 4.78 is 0.934. The monoisotopic (exact) mass is 373 g/mol. The van der Waals surface area contributed by atoms with E-state index in [0.29, 0.717) is 14.5 Å². The highest BCUT2D eigenvalue weighted by atomic mass is 32.1. The zero-order valence-corrected chi connectivity index (χ0v) is 14.6. The van der Waals surface area contributed by atoms with Crippen molar-refractivity contribution in [3.8, 4) is 6.07 Å². The lowest BCUT2D eigenvalue weighted by atomic mass is 10.3. The fourth-order valence-corrected chi connectivity index (χ4v) is 6.12. The zero-order chi connectivity index (χ0) is 16.7. The molecule has 2 aromatic heterocycles. The smallest absolute Gasteiger partial charge is 0.259 e. The van der Waals surface area contributed by atoms with Gasteiger partial charge in [-0.2, -0.15) is 27.9 Å². The maximum absolute atomic E-state index is 12.7. The Hall–Kier alpha value is -2.35. The van der Waals surface area contributed by atoms with Gasteiger partial charge in [-0.15, -0.1) is 22.7 Å². The number of rotatable bonds is 0. The van der Waals surface area contributed by atoms with Gasteiger partial charge in [-0.05, 0) is 6.92 Å². The largest absolute Gasteiger partial charge is 0.287 e. The van der Waals surface area contributed by atoms with Gasteiger partial charge < -0.3 is 0 Å². The highest BCUT2D eigenvalue weighted by Crippen LogP contribution is 2.41. The van der Waals surface area contributed by atoms with Crippen LogP contribution in [0.4, 0.5) is 10.0 Å². The number of aryl methyl sites for hydroxylation is 1. The summed E-state index contributed by atoms with van der Waals surface area (Å²) in [5, 5.41) is 9.34. The molecule has 1 aromatic carbocycles. The summed E-state index contributed by atoms with van der Waals surface area (Å²) in [4.78, 5) is 33.0. The number of hydrogen-bond donors (Lipinski definition) is 0. The van der Waals surface area contributed by atoms with Crippen LogP contribution < -0.4 is 10.9 Å². The van der Waals surface area contributed by atoms with Crippen molar-refractivity contribution in [3.05, 3.63) is 53.0 Å². The first-order chi connectivity index (χ1) is 11.0. The molecule has 0 amide bonds. The van der Waals surface area contributed by atoms with Crippen LogP contribution in [0.5, 0.6) is 0 Å². The molecule has 0 fully saturated rings. The average molecular weight is 373 g/mol. The minimum atomic E-state index is -0.352. The Labute approximate surface area is 145 Å². The van der Waals surface area contributed by atoms with Crippen LogP contribution in [0, 0.1) is 31.4 Å². The van der Waals surface area contributed by atoms with Gasteiger partial charge in [0.15, 0.2) is 0 Å². The minimum Gasteiger partial charge on any atom is -0.287 e. The van der Waals surface area contributed by atoms with E-state index in [1.54, 1.807) is 6.92 Å². The van der Waals surface area contributed by atoms with Gasteiger partial charge in [0.1, 0.15) is 10.9 Å². The molecule has 0 saturated carbocycles. The standard InChI is InChI=1S/C14H3N3O2S4/c1-5-6(4-15)21-10-8(19)12-11(7(18)9(10)20-5)22-13(16-2)14(17-3)23-12/h1H3. The van der Waals surface area contributed by atoms with E-state index >= 15 is 0 Å². The SMILES string of the molecule is [C-]#[N+]c1sc2c(=O)c3sc(C)c(C#N)sc3c(=O)c2sc1[N+]#[C-]. The van der Waals surface area contributed by atoms with Gasteiger partial charge in [0.05, 0.1) is 31.9 Å². The molecule has 0 radical (unpaired) electrons. The van der Waals surface area contributed by atoms with E-state index in [1.165, 1.54) is 0 Å². The second kappa shape index (κ2) is 5.69. The topological polar surface area (TPSA) is 66.7 Å². The van der Waals surface area contributed by atoms with Crippen molar-refractivity contribution in [1.29, 1.82) is 5.26 Å². The Kier molecular flexibility index (Phi) is 3.85. The van der Waals surface area contributed by atoms with E-state index in [-0.39, 0.29) is 35.0 Å². The lowest BCUT2D eigenvalue weighted by Crippen LogP contribution is -2.10. The molecular formula is C14H3N3O2S4. The van der Waals surface area contributed by atoms with Crippen molar-refractivity contribution < 1.29 is 0 Å². The van der Waals surface area contributed by atoms with Gasteiger partial charge >= 0.3 is 0 Å². The molecule has 9 heteroatoms. The lowest BCUT2D eigenvalue weighted by molar-refractivity contribution is 1.50. The predicted molar refractivity (Wildman–Crippen MR) is 96.3 cm³/mol. The molecule has 0 unspecified atom stereocenters. The van der Waals surface area contributed by atoms with Crippen LogP contribution in [-0.2, 0) is 0 Å². The normalized spacial score (nSPS) is 10.2. The number of hydrogen-bond acceptors (Lipinski definition) is 7. The fraction of sp³-hybridized carbons (Fsp3) is 0.0714. The number of fused-ring (bicyclic) bond motifs is 2. The molecule has 0 aliphatic carbocycles. The second-order valence-corrected chi connectivity index (χ2v) is 8.46. The Bertz CT molecular complexity index is 1250. The molecular weight excluding hydrogens is 370 g/mol. The van der Waals surface area contributed by atoms with E-state index in [2.05, 4.69) is 9.69 Å². The van der Waals surface area contributed by atoms with Gasteiger partial charge in [0.2, 0.25) is 10.9 Å². The molecule has 0 aliphatic heterocycles. The molecule has 0 aliphatic rings. The van der Waals surface area contributed by atoms with Crippen LogP contribution in [0.1, 0.15) is 9.75 Å². The summed E-state index contributed by atoms with van der Waals surface area (Å²) in [6, 6.07) is 2.03. The number of nitrogens with zero attached hydrogens (tertiary/aromatic N) is 3. The van der Waals surface area contributed by atoms with Gasteiger partial charge in [0.25, 0.3) is 10.0 Å². The molecule has 5 nitrogen and oxygen atoms in total. The minimum absolute atomic E-state index is 0.106. The van der Waals surface area contributed by atoms with Gasteiger partial charge in [-0.25, -0.2) is 9.69 Å². The van der Waals surface area contributed by atoms with Crippen molar-refractivity contribution in [2.24, 2.45) is 0 Å². The van der Waals surface area contributed by atoms with Crippen LogP contribution in [0.15, 0.2) is 9.59 Å². The van der Waals surface area contributed by atoms with Gasteiger partial charge in [-0.1, -0.05) is 0 Å². The summed E-state index contributed by atoms with van der Waals surface area (Å²) in [6.07, 6.45) is 0. The summed E-state index contributed by atoms with van der Waals surface area (Å²) >= 11 is 3.88. The van der Waals surface area contributed by atoms with E-state index in [0.717, 1.165) is 45.3 Å². The summed E-state index contributed by atoms with van der Waals surface area (Å²) in [7, 11) is 0. The molecule has 0 bridgehead atoms. The average Bonchev–Trinajstić information content (AvgIpc) is 2.58. The van der Waals surface area contributed by atoms with Crippen molar-refractivity contribution >= 4 is 74.1 Å². The highest BCUT2D eigenvalue weighted by molar-refractivity contribution is 7.35. The highest BCUT2D eigenvalue weighted by Gasteiger charge is 2.18. The van der Waals surface area contributed by atoms with Crippen LogP contribution in [0.25, 0.3) is 28.5 Å². The van der Waals surface area contributed by atoms with Crippen LogP contribution >= 0.6 is 45.3 Å². The zero-order valence-electron chi connectivity index (χ0n) is 11.3. The van der Waals surface area contributed by atoms with Gasteiger partial charge in [-0.3, -0.25) is 9.59 Å². The second-order valence-electron chi connectivity index (χ2n) is 4.21. The van der Waals surface area contributed by atoms with Gasteiger partial charge in [0, 0.05) is 4.88 Å². The van der Waals surface area contributed by atoms with Crippen molar-refractivity contribution in [2.45, 2.75) is 6.92 Å². The molecule has 0 saturated heterocycles. The first-order valence-electron chi connectivity index (χ1n) is 5.91. The van der Waals surface area contributed by atoms with Crippen LogP contribution in [0.2, 0.25) is 0 Å². The van der Waals surface area contributed by atoms with E-state index in [1.807, 2.05) is 6.07 Å². The van der Waals surface area contributed by atoms with Crippen molar-refractivity contribution in [1.82, 2.24) is 0 Å². The Balaban J connectivity index is 2.66. The van der Waals surface area contributed by atoms with Crippen LogP contribution in [-0.4, -0.2) is 0 Å². The third-order valence-electron chi connectivity index (χ3n) is 2.90. The maximum atomic E-state index is 12.7. The number of benzene rings is 1. The quantitative estimate of drug-likeness (QED) is 0.420. The third kappa shape index (κ3) is 2.29. The lowest BCUT2D eigenvalue weighted by Gasteiger charge is -2.03. The third-order valence-corrected chi connectivity index (χ3v) is 7.86. The molecule has 0 atom stereocenters. The maximum Gasteiger partial charge on any atom is 0.259 e. The first-order valence-corrected chi connectivity index (χ1v) is 9.18. The van der Waals surface area contributed by atoms with Crippen LogP contribution in [0.3, 0.4) is 0 Å². The van der Waals surface area contributed by atoms with E-state index in [9.17, 15) is 9.59 Å². The predicted octanol–water partition coefficient (Wildman–Crippen LogP) is 4.80. The Morgan fingerprint density at radius 3 is 1.74 bits per heavy atom. The fourth-order valence-electron chi connectivity index (χ4n) is 1.89. The molecule has 3 aromatic rings. The Morgan fingerprint density at radius 2 is 1.30 bits per heavy atom. The van der Waals surface area contributed by atoms with E-state index in [4.69, 9.17) is 18.4 Å². The summed E-state index contributed by atoms with van der Waals surface area (Å²) in [5.74, 6) is 0. The molecule has 110 valence electrons. The summed E-state index contributed by atoms with van der Waals surface area (Å²) in [6.45, 7) is 16.0. The van der Waals surface area contributed by atoms with E-state index < -0.39 is 0 Å². The molecule has 2 heterocycles. The van der Waals surface area contributed by atoms with Crippen molar-refractivity contribution in [2.75, 3.05) is 0 Å². The summed E-state index contributed by atoms with van der Waals surface area (Å²) in [5.41, 5.74) is -0.666. The first kappa shape index (κ1) is 15.5. The number of nitriles is 1. The molecule has 0 spiro atoms.